The van der Waals surface area contributed by atoms with Gasteiger partial charge in [-0.2, -0.15) is 0 Å². The van der Waals surface area contributed by atoms with Crippen molar-refractivity contribution in [2.75, 3.05) is 18.0 Å². The van der Waals surface area contributed by atoms with Crippen LogP contribution in [0.15, 0.2) is 41.3 Å². The zero-order chi connectivity index (χ0) is 22.4. The Morgan fingerprint density at radius 1 is 1.16 bits per heavy atom. The smallest absolute Gasteiger partial charge is 0.341 e. The fraction of sp³-hybridized carbons (Fsp3) is 0.273. The summed E-state index contributed by atoms with van der Waals surface area (Å²) in [6.45, 7) is 2.95. The molecule has 1 aromatic heterocycles. The molecule has 2 aromatic carbocycles. The van der Waals surface area contributed by atoms with Gasteiger partial charge in [-0.25, -0.2) is 18.0 Å². The molecule has 0 saturated carbocycles. The summed E-state index contributed by atoms with van der Waals surface area (Å²) in [5.41, 5.74) is 4.58. The number of halogens is 3. The van der Waals surface area contributed by atoms with Gasteiger partial charge in [0.2, 0.25) is 5.43 Å². The molecule has 9 heteroatoms. The third kappa shape index (κ3) is 3.65. The Hall–Kier alpha value is -3.33. The second kappa shape index (κ2) is 7.73. The van der Waals surface area contributed by atoms with Gasteiger partial charge in [-0.15, -0.1) is 0 Å². The van der Waals surface area contributed by atoms with Crippen LogP contribution in [0.3, 0.4) is 0 Å². The summed E-state index contributed by atoms with van der Waals surface area (Å²) in [4.78, 5) is 26.0. The first-order chi connectivity index (χ1) is 14.7. The number of carbonyl (C=O) groups is 1. The predicted molar refractivity (Wildman–Crippen MR) is 110 cm³/mol. The predicted octanol–water partition coefficient (Wildman–Crippen LogP) is 3.28. The van der Waals surface area contributed by atoms with Gasteiger partial charge in [0.1, 0.15) is 23.0 Å². The number of hydrogen-bond donors (Lipinski definition) is 2. The van der Waals surface area contributed by atoms with E-state index in [0.29, 0.717) is 19.2 Å². The Morgan fingerprint density at radius 3 is 2.48 bits per heavy atom. The van der Waals surface area contributed by atoms with Gasteiger partial charge in [-0.05, 0) is 43.5 Å². The number of rotatable bonds is 4. The molecule has 162 valence electrons. The lowest BCUT2D eigenvalue weighted by Gasteiger charge is -2.22. The first-order valence-electron chi connectivity index (χ1n) is 9.75. The lowest BCUT2D eigenvalue weighted by Crippen LogP contribution is -2.30. The van der Waals surface area contributed by atoms with Crippen molar-refractivity contribution in [1.82, 2.24) is 4.57 Å². The topological polar surface area (TPSA) is 88.6 Å². The standard InChI is InChI=1S/C22H20F3N3O3/c1-11(26)12-4-5-27(9-12)20-8-19-14(7-17(20)25)21(29)15(22(30)31)10-28(19)18-3-2-13(23)6-16(18)24/h2-3,6-8,10-12H,4-5,9,26H2,1H3,(H,30,31). The largest absolute Gasteiger partial charge is 0.477 e. The van der Waals surface area contributed by atoms with Crippen LogP contribution in [0, 0.1) is 23.4 Å². The van der Waals surface area contributed by atoms with Crippen molar-refractivity contribution in [1.29, 1.82) is 0 Å². The molecular weight excluding hydrogens is 411 g/mol. The van der Waals surface area contributed by atoms with Crippen LogP contribution < -0.4 is 16.1 Å². The maximum atomic E-state index is 15.0. The Bertz CT molecular complexity index is 1260. The van der Waals surface area contributed by atoms with E-state index in [0.717, 1.165) is 35.4 Å². The van der Waals surface area contributed by atoms with E-state index in [1.165, 1.54) is 6.07 Å². The number of aromatic nitrogens is 1. The Balaban J connectivity index is 1.98. The van der Waals surface area contributed by atoms with E-state index in [-0.39, 0.29) is 34.2 Å². The Labute approximate surface area is 175 Å². The number of aromatic carboxylic acids is 1. The molecular formula is C22H20F3N3O3. The molecule has 0 radical (unpaired) electrons. The second-order valence-corrected chi connectivity index (χ2v) is 7.82. The summed E-state index contributed by atoms with van der Waals surface area (Å²) in [6.07, 6.45) is 1.74. The highest BCUT2D eigenvalue weighted by molar-refractivity contribution is 5.94. The molecule has 1 aliphatic rings. The quantitative estimate of drug-likeness (QED) is 0.662. The number of nitrogens with zero attached hydrogens (tertiary/aromatic N) is 2. The van der Waals surface area contributed by atoms with Gasteiger partial charge in [0.15, 0.2) is 0 Å². The maximum absolute atomic E-state index is 15.0. The summed E-state index contributed by atoms with van der Waals surface area (Å²) in [5.74, 6) is -3.82. The van der Waals surface area contributed by atoms with Crippen LogP contribution in [0.25, 0.3) is 16.6 Å². The molecule has 3 aromatic rings. The van der Waals surface area contributed by atoms with Gasteiger partial charge in [0.25, 0.3) is 0 Å². The van der Waals surface area contributed by atoms with Crippen LogP contribution in [0.4, 0.5) is 18.9 Å². The summed E-state index contributed by atoms with van der Waals surface area (Å²) < 4.78 is 44.1. The zero-order valence-electron chi connectivity index (χ0n) is 16.6. The molecule has 31 heavy (non-hydrogen) atoms. The maximum Gasteiger partial charge on any atom is 0.341 e. The molecule has 0 spiro atoms. The molecule has 0 amide bonds. The van der Waals surface area contributed by atoms with Gasteiger partial charge in [-0.3, -0.25) is 4.79 Å². The highest BCUT2D eigenvalue weighted by Gasteiger charge is 2.28. The fourth-order valence-corrected chi connectivity index (χ4v) is 4.04. The number of fused-ring (bicyclic) bond motifs is 1. The molecule has 2 atom stereocenters. The number of carboxylic acids is 1. The normalized spacial score (nSPS) is 17.3. The third-order valence-corrected chi connectivity index (χ3v) is 5.78. The highest BCUT2D eigenvalue weighted by atomic mass is 19.1. The SMILES string of the molecule is CC(N)C1CCN(c2cc3c(cc2F)c(=O)c(C(=O)O)cn3-c2ccc(F)cc2F)C1. The third-order valence-electron chi connectivity index (χ3n) is 5.78. The van der Waals surface area contributed by atoms with E-state index in [1.807, 2.05) is 6.92 Å². The first kappa shape index (κ1) is 20.9. The van der Waals surface area contributed by atoms with Gasteiger partial charge in [0, 0.05) is 36.8 Å². The van der Waals surface area contributed by atoms with Gasteiger partial charge in [0.05, 0.1) is 16.9 Å². The second-order valence-electron chi connectivity index (χ2n) is 7.82. The monoisotopic (exact) mass is 431 g/mol. The van der Waals surface area contributed by atoms with Crippen LogP contribution in [-0.4, -0.2) is 34.8 Å². The van der Waals surface area contributed by atoms with Crippen LogP contribution in [0.5, 0.6) is 0 Å². The molecule has 4 rings (SSSR count). The highest BCUT2D eigenvalue weighted by Crippen LogP contribution is 2.31. The lowest BCUT2D eigenvalue weighted by atomic mass is 10.0. The molecule has 6 nitrogen and oxygen atoms in total. The molecule has 0 bridgehead atoms. The van der Waals surface area contributed by atoms with E-state index >= 15 is 0 Å². The van der Waals surface area contributed by atoms with Crippen molar-refractivity contribution in [2.45, 2.75) is 19.4 Å². The summed E-state index contributed by atoms with van der Waals surface area (Å²) in [7, 11) is 0. The number of pyridine rings is 1. The number of anilines is 1. The Morgan fingerprint density at radius 2 is 1.87 bits per heavy atom. The average molecular weight is 431 g/mol. The van der Waals surface area contributed by atoms with Crippen LogP contribution in [0.1, 0.15) is 23.7 Å². The number of nitrogens with two attached hydrogens (primary N) is 1. The van der Waals surface area contributed by atoms with E-state index < -0.39 is 34.4 Å². The minimum atomic E-state index is -1.54. The summed E-state index contributed by atoms with van der Waals surface area (Å²) >= 11 is 0. The van der Waals surface area contributed by atoms with E-state index in [4.69, 9.17) is 5.73 Å². The summed E-state index contributed by atoms with van der Waals surface area (Å²) in [6, 6.07) is 5.09. The van der Waals surface area contributed by atoms with E-state index in [2.05, 4.69) is 0 Å². The summed E-state index contributed by atoms with van der Waals surface area (Å²) in [5, 5.41) is 9.19. The number of hydrogen-bond acceptors (Lipinski definition) is 4. The van der Waals surface area contributed by atoms with Crippen LogP contribution >= 0.6 is 0 Å². The first-order valence-corrected chi connectivity index (χ1v) is 9.75. The Kier molecular flexibility index (Phi) is 5.22. The average Bonchev–Trinajstić information content (AvgIpc) is 3.19. The minimum absolute atomic E-state index is 0.0712. The van der Waals surface area contributed by atoms with Crippen molar-refractivity contribution in [2.24, 2.45) is 11.7 Å². The molecule has 2 heterocycles. The molecule has 2 unspecified atom stereocenters. The zero-order valence-corrected chi connectivity index (χ0v) is 16.6. The molecule has 3 N–H and O–H groups in total. The van der Waals surface area contributed by atoms with E-state index in [9.17, 15) is 27.9 Å². The van der Waals surface area contributed by atoms with Gasteiger partial charge < -0.3 is 20.3 Å². The molecule has 0 aliphatic carbocycles. The lowest BCUT2D eigenvalue weighted by molar-refractivity contribution is 0.0695. The van der Waals surface area contributed by atoms with Gasteiger partial charge in [-0.1, -0.05) is 0 Å². The van der Waals surface area contributed by atoms with E-state index in [1.54, 1.807) is 4.90 Å². The van der Waals surface area contributed by atoms with Crippen molar-refractivity contribution < 1.29 is 23.1 Å². The van der Waals surface area contributed by atoms with Crippen molar-refractivity contribution in [3.8, 4) is 5.69 Å². The molecule has 1 aliphatic heterocycles. The number of benzene rings is 2. The van der Waals surface area contributed by atoms with Gasteiger partial charge >= 0.3 is 5.97 Å². The van der Waals surface area contributed by atoms with Crippen molar-refractivity contribution >= 4 is 22.6 Å². The van der Waals surface area contributed by atoms with Crippen molar-refractivity contribution in [3.05, 3.63) is 69.8 Å². The fourth-order valence-electron chi connectivity index (χ4n) is 4.04. The van der Waals surface area contributed by atoms with Crippen molar-refractivity contribution in [3.63, 3.8) is 0 Å². The molecule has 1 saturated heterocycles. The minimum Gasteiger partial charge on any atom is -0.477 e. The van der Waals surface area contributed by atoms with Crippen LogP contribution in [0.2, 0.25) is 0 Å². The number of carboxylic acid groups (broad SMARTS) is 1. The molecule has 1 fully saturated rings. The van der Waals surface area contributed by atoms with Crippen LogP contribution in [-0.2, 0) is 0 Å².